The van der Waals surface area contributed by atoms with Crippen LogP contribution < -0.4 is 0 Å². The quantitative estimate of drug-likeness (QED) is 0.398. The highest BCUT2D eigenvalue weighted by Crippen LogP contribution is 2.21. The van der Waals surface area contributed by atoms with Crippen molar-refractivity contribution in [3.05, 3.63) is 0 Å². The lowest BCUT2D eigenvalue weighted by atomic mass is 9.91. The molecule has 6 nitrogen and oxygen atoms in total. The van der Waals surface area contributed by atoms with Crippen molar-refractivity contribution in [2.45, 2.75) is 58.3 Å². The maximum atomic E-state index is 12.1. The van der Waals surface area contributed by atoms with Crippen molar-refractivity contribution >= 4 is 5.97 Å². The number of carbonyl (C=O) groups is 1. The fourth-order valence-electron chi connectivity index (χ4n) is 2.26. The van der Waals surface area contributed by atoms with Gasteiger partial charge in [0.2, 0.25) is 0 Å². The van der Waals surface area contributed by atoms with Crippen molar-refractivity contribution < 1.29 is 9.53 Å². The van der Waals surface area contributed by atoms with Crippen LogP contribution in [0.4, 0.5) is 0 Å². The number of unbranched alkanes of at least 4 members (excludes halogenated alkanes) is 3. The molecule has 0 aromatic carbocycles. The molecule has 1 unspecified atom stereocenters. The molecule has 0 bridgehead atoms. The number of carbonyl (C=O) groups excluding carboxylic acids is 1. The molecule has 0 amide bonds. The van der Waals surface area contributed by atoms with E-state index >= 15 is 0 Å². The molecule has 6 heteroatoms. The first-order valence-electron chi connectivity index (χ1n) is 8.37. The Labute approximate surface area is 144 Å². The van der Waals surface area contributed by atoms with Gasteiger partial charge in [-0.15, -0.1) is 0 Å². The van der Waals surface area contributed by atoms with Crippen LogP contribution in [-0.4, -0.2) is 12.6 Å². The lowest BCUT2D eigenvalue weighted by Crippen LogP contribution is -2.21. The summed E-state index contributed by atoms with van der Waals surface area (Å²) in [6.07, 6.45) is 5.26. The molecule has 0 rings (SSSR count). The summed E-state index contributed by atoms with van der Waals surface area (Å²) in [6, 6.07) is 7.65. The number of rotatable bonds is 12. The van der Waals surface area contributed by atoms with Gasteiger partial charge in [0.25, 0.3) is 0 Å². The fourth-order valence-corrected chi connectivity index (χ4v) is 2.26. The van der Waals surface area contributed by atoms with E-state index in [4.69, 9.17) is 25.8 Å². The molecule has 0 spiro atoms. The van der Waals surface area contributed by atoms with Crippen molar-refractivity contribution in [2.24, 2.45) is 17.8 Å². The van der Waals surface area contributed by atoms with E-state index in [0.29, 0.717) is 19.4 Å². The Morgan fingerprint density at radius 3 is 2.00 bits per heavy atom. The molecule has 0 aliphatic rings. The zero-order valence-electron chi connectivity index (χ0n) is 14.2. The maximum Gasteiger partial charge on any atom is 0.309 e. The second-order valence-electron chi connectivity index (χ2n) is 5.71. The normalized spacial score (nSPS) is 11.1. The van der Waals surface area contributed by atoms with Crippen LogP contribution in [0.5, 0.6) is 0 Å². The van der Waals surface area contributed by atoms with E-state index in [-0.39, 0.29) is 12.4 Å². The monoisotopic (exact) mass is 328 g/mol. The molecule has 0 aromatic heterocycles. The van der Waals surface area contributed by atoms with Crippen molar-refractivity contribution in [3.63, 3.8) is 0 Å². The Kier molecular flexibility index (Phi) is 12.5. The van der Waals surface area contributed by atoms with E-state index in [0.717, 1.165) is 32.1 Å². The van der Waals surface area contributed by atoms with Gasteiger partial charge in [0.05, 0.1) is 36.8 Å². The summed E-state index contributed by atoms with van der Waals surface area (Å²) in [5.41, 5.74) is 0. The Balaban J connectivity index is 4.37. The molecule has 0 radical (unpaired) electrons. The minimum Gasteiger partial charge on any atom is -0.465 e. The Bertz CT molecular complexity index is 505. The van der Waals surface area contributed by atoms with E-state index in [1.165, 1.54) is 0 Å². The molecule has 0 aromatic rings. The van der Waals surface area contributed by atoms with Gasteiger partial charge in [0, 0.05) is 0 Å². The van der Waals surface area contributed by atoms with Gasteiger partial charge in [0.1, 0.15) is 11.8 Å². The van der Waals surface area contributed by atoms with Gasteiger partial charge < -0.3 is 4.74 Å². The minimum atomic E-state index is -0.810. The molecule has 0 saturated heterocycles. The van der Waals surface area contributed by atoms with Gasteiger partial charge >= 0.3 is 5.97 Å². The molecule has 128 valence electrons. The Hall–Kier alpha value is -2.57. The van der Waals surface area contributed by atoms with Gasteiger partial charge in [-0.05, 0) is 25.7 Å². The zero-order valence-corrected chi connectivity index (χ0v) is 14.2. The first-order valence-corrected chi connectivity index (χ1v) is 8.37. The summed E-state index contributed by atoms with van der Waals surface area (Å²) in [5.74, 6) is -2.18. The van der Waals surface area contributed by atoms with Crippen LogP contribution in [-0.2, 0) is 9.53 Å². The van der Waals surface area contributed by atoms with Gasteiger partial charge in [0.15, 0.2) is 0 Å². The summed E-state index contributed by atoms with van der Waals surface area (Å²) in [4.78, 5) is 12.1. The van der Waals surface area contributed by atoms with Crippen LogP contribution in [0, 0.1) is 63.1 Å². The third kappa shape index (κ3) is 9.45. The molecular weight excluding hydrogens is 304 g/mol. The SMILES string of the molecule is CCCCOC(=O)C(CCCCCC(C#N)C#N)CC(C#N)C#N. The van der Waals surface area contributed by atoms with Crippen LogP contribution in [0.3, 0.4) is 0 Å². The predicted octanol–water partition coefficient (Wildman–Crippen LogP) is 3.61. The number of hydrogen-bond donors (Lipinski definition) is 0. The van der Waals surface area contributed by atoms with Crippen LogP contribution in [0.1, 0.15) is 58.3 Å². The van der Waals surface area contributed by atoms with E-state index in [2.05, 4.69) is 0 Å². The predicted molar refractivity (Wildman–Crippen MR) is 86.5 cm³/mol. The van der Waals surface area contributed by atoms with Crippen LogP contribution >= 0.6 is 0 Å². The average molecular weight is 328 g/mol. The minimum absolute atomic E-state index is 0.191. The smallest absolute Gasteiger partial charge is 0.309 e. The standard InChI is InChI=1S/C18H24N4O2/c1-2-3-9-24-18(23)17(10-16(13-21)14-22)8-6-4-5-7-15(11-19)12-20/h15-17H,2-10H2,1H3. The van der Waals surface area contributed by atoms with Crippen molar-refractivity contribution in [3.8, 4) is 24.3 Å². The molecule has 24 heavy (non-hydrogen) atoms. The number of hydrogen-bond acceptors (Lipinski definition) is 6. The number of esters is 1. The topological polar surface area (TPSA) is 121 Å². The Morgan fingerprint density at radius 2 is 1.46 bits per heavy atom. The third-order valence-electron chi connectivity index (χ3n) is 3.76. The second kappa shape index (κ2) is 14.0. The summed E-state index contributed by atoms with van der Waals surface area (Å²) < 4.78 is 5.22. The van der Waals surface area contributed by atoms with Crippen LogP contribution in [0.25, 0.3) is 0 Å². The Morgan fingerprint density at radius 1 is 0.875 bits per heavy atom. The lowest BCUT2D eigenvalue weighted by Gasteiger charge is -2.16. The highest BCUT2D eigenvalue weighted by molar-refractivity contribution is 5.72. The molecule has 0 fully saturated rings. The fraction of sp³-hybridized carbons (Fsp3) is 0.722. The molecule has 0 heterocycles. The lowest BCUT2D eigenvalue weighted by molar-refractivity contribution is -0.149. The first kappa shape index (κ1) is 21.4. The molecule has 1 atom stereocenters. The third-order valence-corrected chi connectivity index (χ3v) is 3.76. The molecular formula is C18H24N4O2. The van der Waals surface area contributed by atoms with Gasteiger partial charge in [-0.3, -0.25) is 4.79 Å². The van der Waals surface area contributed by atoms with Gasteiger partial charge in [-0.2, -0.15) is 21.0 Å². The summed E-state index contributed by atoms with van der Waals surface area (Å²) in [5, 5.41) is 35.2. The number of ether oxygens (including phenoxy) is 1. The van der Waals surface area contributed by atoms with Crippen LogP contribution in [0.15, 0.2) is 0 Å². The van der Waals surface area contributed by atoms with Gasteiger partial charge in [-0.1, -0.05) is 32.6 Å². The van der Waals surface area contributed by atoms with E-state index in [1.54, 1.807) is 0 Å². The molecule has 0 saturated carbocycles. The van der Waals surface area contributed by atoms with Crippen LogP contribution in [0.2, 0.25) is 0 Å². The highest BCUT2D eigenvalue weighted by Gasteiger charge is 2.24. The second-order valence-corrected chi connectivity index (χ2v) is 5.71. The first-order chi connectivity index (χ1) is 11.6. The average Bonchev–Trinajstić information content (AvgIpc) is 2.60. The molecule has 0 aliphatic heterocycles. The van der Waals surface area contributed by atoms with Crippen molar-refractivity contribution in [2.75, 3.05) is 6.61 Å². The molecule has 0 N–H and O–H groups in total. The van der Waals surface area contributed by atoms with Crippen molar-refractivity contribution in [1.29, 1.82) is 21.0 Å². The van der Waals surface area contributed by atoms with Gasteiger partial charge in [-0.25, -0.2) is 0 Å². The summed E-state index contributed by atoms with van der Waals surface area (Å²) >= 11 is 0. The van der Waals surface area contributed by atoms with E-state index in [1.807, 2.05) is 31.2 Å². The number of nitriles is 4. The molecule has 0 aliphatic carbocycles. The van der Waals surface area contributed by atoms with Crippen molar-refractivity contribution in [1.82, 2.24) is 0 Å². The summed E-state index contributed by atoms with van der Waals surface area (Å²) in [6.45, 7) is 2.37. The van der Waals surface area contributed by atoms with E-state index in [9.17, 15) is 4.79 Å². The number of nitrogens with zero attached hydrogens (tertiary/aromatic N) is 4. The summed E-state index contributed by atoms with van der Waals surface area (Å²) in [7, 11) is 0. The zero-order chi connectivity index (χ0) is 18.2. The maximum absolute atomic E-state index is 12.1. The van der Waals surface area contributed by atoms with E-state index < -0.39 is 17.8 Å². The highest BCUT2D eigenvalue weighted by atomic mass is 16.5. The largest absolute Gasteiger partial charge is 0.465 e.